The Morgan fingerprint density at radius 3 is 2.86 bits per heavy atom. The summed E-state index contributed by atoms with van der Waals surface area (Å²) in [5, 5.41) is 5.18. The molecule has 1 N–H and O–H groups in total. The number of hydrogen-bond donors (Lipinski definition) is 1. The smallest absolute Gasteiger partial charge is 0.325 e. The van der Waals surface area contributed by atoms with Gasteiger partial charge in [-0.25, -0.2) is 4.98 Å². The van der Waals surface area contributed by atoms with Crippen molar-refractivity contribution in [2.75, 3.05) is 7.11 Å². The lowest BCUT2D eigenvalue weighted by molar-refractivity contribution is -0.148. The molecule has 0 radical (unpaired) electrons. The summed E-state index contributed by atoms with van der Waals surface area (Å²) in [4.78, 5) is 16.4. The summed E-state index contributed by atoms with van der Waals surface area (Å²) < 4.78 is 4.97. The molecule has 1 aliphatic carbocycles. The predicted molar refractivity (Wildman–Crippen MR) is 85.8 cm³/mol. The molecule has 1 heterocycles. The Kier molecular flexibility index (Phi) is 5.52. The van der Waals surface area contributed by atoms with Gasteiger partial charge in [-0.05, 0) is 38.3 Å². The van der Waals surface area contributed by atoms with Gasteiger partial charge in [-0.1, -0.05) is 18.5 Å². The summed E-state index contributed by atoms with van der Waals surface area (Å²) in [5.41, 5.74) is -0.644. The molecule has 0 aliphatic heterocycles. The molecular weight excluding hydrogens is 308 g/mol. The maximum atomic E-state index is 12.1. The Balaban J connectivity index is 1.98. The number of nitrogens with one attached hydrogen (secondary N) is 1. The van der Waals surface area contributed by atoms with Gasteiger partial charge in [-0.15, -0.1) is 11.8 Å². The second-order valence-corrected chi connectivity index (χ2v) is 7.58. The van der Waals surface area contributed by atoms with Crippen LogP contribution in [0, 0.1) is 0 Å². The zero-order valence-corrected chi connectivity index (χ0v) is 14.1. The number of esters is 1. The number of nitrogens with zero attached hydrogens (tertiary/aromatic N) is 1. The average Bonchev–Trinajstić information content (AvgIpc) is 3.23. The van der Waals surface area contributed by atoms with E-state index < -0.39 is 5.54 Å². The molecule has 1 fully saturated rings. The van der Waals surface area contributed by atoms with E-state index in [0.717, 1.165) is 17.9 Å². The Morgan fingerprint density at radius 2 is 2.33 bits per heavy atom. The number of hydrogen-bond acceptors (Lipinski definition) is 5. The van der Waals surface area contributed by atoms with Crippen LogP contribution in [0.15, 0.2) is 23.4 Å². The number of rotatable bonds is 7. The van der Waals surface area contributed by atoms with Crippen LogP contribution in [0.25, 0.3) is 0 Å². The third kappa shape index (κ3) is 4.87. The molecule has 21 heavy (non-hydrogen) atoms. The Bertz CT molecular complexity index is 493. The van der Waals surface area contributed by atoms with Gasteiger partial charge in [0.15, 0.2) is 0 Å². The van der Waals surface area contributed by atoms with Crippen molar-refractivity contribution in [3.63, 3.8) is 0 Å². The molecule has 0 amide bonds. The van der Waals surface area contributed by atoms with Crippen LogP contribution in [0.3, 0.4) is 0 Å². The lowest BCUT2D eigenvalue weighted by Gasteiger charge is -2.30. The Hall–Kier alpha value is -0.780. The number of carbonyl (C=O) groups excluding carboxylic acids is 1. The van der Waals surface area contributed by atoms with Gasteiger partial charge in [-0.2, -0.15) is 0 Å². The van der Waals surface area contributed by atoms with E-state index in [2.05, 4.69) is 17.2 Å². The first kappa shape index (κ1) is 16.6. The van der Waals surface area contributed by atoms with Crippen LogP contribution in [0.1, 0.15) is 33.1 Å². The molecule has 1 aliphatic rings. The number of pyridine rings is 1. The Morgan fingerprint density at radius 1 is 1.62 bits per heavy atom. The molecule has 116 valence electrons. The summed E-state index contributed by atoms with van der Waals surface area (Å²) >= 11 is 7.47. The van der Waals surface area contributed by atoms with Gasteiger partial charge in [-0.3, -0.25) is 10.1 Å². The molecular formula is C15H21ClN2O2S. The van der Waals surface area contributed by atoms with Crippen molar-refractivity contribution in [2.24, 2.45) is 0 Å². The molecule has 1 aromatic heterocycles. The molecule has 2 rings (SSSR count). The maximum absolute atomic E-state index is 12.1. The van der Waals surface area contributed by atoms with Gasteiger partial charge >= 0.3 is 5.97 Å². The van der Waals surface area contributed by atoms with Crippen LogP contribution in [0.5, 0.6) is 0 Å². The van der Waals surface area contributed by atoms with Crippen LogP contribution in [0.4, 0.5) is 0 Å². The van der Waals surface area contributed by atoms with Crippen molar-refractivity contribution in [1.82, 2.24) is 10.3 Å². The highest BCUT2D eigenvalue weighted by atomic mass is 35.5. The lowest BCUT2D eigenvalue weighted by atomic mass is 9.96. The third-order valence-corrected chi connectivity index (χ3v) is 4.73. The third-order valence-electron chi connectivity index (χ3n) is 3.45. The molecule has 0 bridgehead atoms. The van der Waals surface area contributed by atoms with E-state index in [1.165, 1.54) is 7.11 Å². The highest BCUT2D eigenvalue weighted by molar-refractivity contribution is 7.99. The first-order chi connectivity index (χ1) is 9.93. The van der Waals surface area contributed by atoms with Crippen LogP contribution >= 0.6 is 23.4 Å². The zero-order valence-electron chi connectivity index (χ0n) is 12.6. The van der Waals surface area contributed by atoms with Gasteiger partial charge < -0.3 is 4.74 Å². The quantitative estimate of drug-likeness (QED) is 0.615. The number of thioether (sulfide) groups is 1. The molecule has 2 atom stereocenters. The second-order valence-electron chi connectivity index (χ2n) is 5.69. The van der Waals surface area contributed by atoms with Gasteiger partial charge in [0.05, 0.1) is 17.2 Å². The van der Waals surface area contributed by atoms with Gasteiger partial charge in [0.1, 0.15) is 5.54 Å². The van der Waals surface area contributed by atoms with Crippen LogP contribution in [-0.2, 0) is 9.53 Å². The average molecular weight is 329 g/mol. The minimum Gasteiger partial charge on any atom is -0.468 e. The summed E-state index contributed by atoms with van der Waals surface area (Å²) in [7, 11) is 1.44. The number of halogens is 1. The van der Waals surface area contributed by atoms with Crippen molar-refractivity contribution in [3.8, 4) is 0 Å². The van der Waals surface area contributed by atoms with Crippen molar-refractivity contribution in [1.29, 1.82) is 0 Å². The van der Waals surface area contributed by atoms with E-state index in [4.69, 9.17) is 16.3 Å². The van der Waals surface area contributed by atoms with Crippen LogP contribution in [0.2, 0.25) is 5.02 Å². The topological polar surface area (TPSA) is 51.2 Å². The molecule has 1 saturated carbocycles. The number of methoxy groups -OCH3 is 1. The SMILES string of the molecule is COC(=O)C(C)(CC(C)Sc1ccc(Cl)cn1)NC1CC1. The molecule has 4 nitrogen and oxygen atoms in total. The first-order valence-electron chi connectivity index (χ1n) is 7.07. The minimum atomic E-state index is -0.644. The highest BCUT2D eigenvalue weighted by Gasteiger charge is 2.40. The highest BCUT2D eigenvalue weighted by Crippen LogP contribution is 2.31. The van der Waals surface area contributed by atoms with E-state index in [-0.39, 0.29) is 11.2 Å². The summed E-state index contributed by atoms with van der Waals surface area (Å²) in [5.74, 6) is -0.203. The van der Waals surface area contributed by atoms with Crippen LogP contribution < -0.4 is 5.32 Å². The number of aromatic nitrogens is 1. The lowest BCUT2D eigenvalue weighted by Crippen LogP contribution is -2.52. The molecule has 0 aromatic carbocycles. The molecule has 2 unspecified atom stereocenters. The minimum absolute atomic E-state index is 0.203. The second kappa shape index (κ2) is 6.99. The summed E-state index contributed by atoms with van der Waals surface area (Å²) in [6.45, 7) is 4.01. The van der Waals surface area contributed by atoms with E-state index in [1.807, 2.05) is 19.1 Å². The van der Waals surface area contributed by atoms with Gasteiger partial charge in [0.25, 0.3) is 0 Å². The van der Waals surface area contributed by atoms with Crippen molar-refractivity contribution < 1.29 is 9.53 Å². The maximum Gasteiger partial charge on any atom is 0.325 e. The van der Waals surface area contributed by atoms with Gasteiger partial charge in [0.2, 0.25) is 0 Å². The van der Waals surface area contributed by atoms with E-state index in [9.17, 15) is 4.79 Å². The fourth-order valence-corrected chi connectivity index (χ4v) is 3.56. The van der Waals surface area contributed by atoms with Gasteiger partial charge in [0, 0.05) is 17.5 Å². The molecule has 0 spiro atoms. The van der Waals surface area contributed by atoms with E-state index >= 15 is 0 Å². The van der Waals surface area contributed by atoms with Crippen molar-refractivity contribution in [3.05, 3.63) is 23.4 Å². The van der Waals surface area contributed by atoms with E-state index in [1.54, 1.807) is 18.0 Å². The monoisotopic (exact) mass is 328 g/mol. The largest absolute Gasteiger partial charge is 0.468 e. The summed E-state index contributed by atoms with van der Waals surface area (Å²) in [6.07, 6.45) is 4.59. The van der Waals surface area contributed by atoms with Crippen LogP contribution in [-0.4, -0.2) is 34.9 Å². The fourth-order valence-electron chi connectivity index (χ4n) is 2.36. The standard InChI is InChI=1S/C15H21ClN2O2S/c1-10(21-13-7-4-11(16)9-17-13)8-15(2,14(19)20-3)18-12-5-6-12/h4,7,9-10,12,18H,5-6,8H2,1-3H3. The fraction of sp³-hybridized carbons (Fsp3) is 0.600. The molecule has 0 saturated heterocycles. The normalized spacial score (nSPS) is 18.9. The van der Waals surface area contributed by atoms with Crippen molar-refractivity contribution >= 4 is 29.3 Å². The number of carbonyl (C=O) groups is 1. The van der Waals surface area contributed by atoms with Crippen molar-refractivity contribution in [2.45, 2.75) is 55.0 Å². The number of ether oxygens (including phenoxy) is 1. The molecule has 6 heteroatoms. The predicted octanol–water partition coefficient (Wildman–Crippen LogP) is 3.29. The first-order valence-corrected chi connectivity index (χ1v) is 8.33. The molecule has 1 aromatic rings. The van der Waals surface area contributed by atoms with E-state index in [0.29, 0.717) is 17.5 Å². The summed E-state index contributed by atoms with van der Waals surface area (Å²) in [6, 6.07) is 4.17. The Labute approximate surface area is 135 Å². The zero-order chi connectivity index (χ0) is 15.5.